The molecular weight excluding hydrogens is 679 g/mol. The molecule has 1 aromatic rings. The first kappa shape index (κ1) is 51.1. The number of carboxylic acid groups (broad SMARTS) is 1. The van der Waals surface area contributed by atoms with Crippen molar-refractivity contribution in [3.63, 3.8) is 0 Å². The number of aliphatic carboxylic acids is 1. The number of hydrogen-bond acceptors (Lipinski definition) is 4. The predicted octanol–water partition coefficient (Wildman–Crippen LogP) is 16.3. The van der Waals surface area contributed by atoms with Crippen molar-refractivity contribution in [2.75, 3.05) is 31.2 Å². The van der Waals surface area contributed by atoms with Crippen LogP contribution in [0.3, 0.4) is 0 Å². The second-order valence-electron chi connectivity index (χ2n) is 16.8. The van der Waals surface area contributed by atoms with E-state index in [1.54, 1.807) is 0 Å². The van der Waals surface area contributed by atoms with E-state index < -0.39 is 5.97 Å². The fraction of sp³-hybridized carbons (Fsp3) is 0.860. The predicted molar refractivity (Wildman–Crippen MR) is 240 cm³/mol. The van der Waals surface area contributed by atoms with E-state index in [0.717, 1.165) is 69.0 Å². The molecular formula is C50H93NO4. The van der Waals surface area contributed by atoms with Gasteiger partial charge in [-0.05, 0) is 57.6 Å². The van der Waals surface area contributed by atoms with Crippen LogP contribution in [0.4, 0.5) is 5.69 Å². The zero-order valence-electron chi connectivity index (χ0n) is 37.3. The van der Waals surface area contributed by atoms with Gasteiger partial charge < -0.3 is 19.5 Å². The minimum Gasteiger partial charge on any atom is -0.493 e. The first-order chi connectivity index (χ1) is 27.0. The molecule has 1 atom stereocenters. The zero-order valence-corrected chi connectivity index (χ0v) is 37.3. The zero-order chi connectivity index (χ0) is 39.9. The summed E-state index contributed by atoms with van der Waals surface area (Å²) in [4.78, 5) is 14.1. The van der Waals surface area contributed by atoms with Crippen molar-refractivity contribution in [2.24, 2.45) is 5.92 Å². The third kappa shape index (κ3) is 30.8. The van der Waals surface area contributed by atoms with Crippen molar-refractivity contribution in [2.45, 2.75) is 246 Å². The highest BCUT2D eigenvalue weighted by Gasteiger charge is 2.15. The normalized spacial score (nSPS) is 11.9. The topological polar surface area (TPSA) is 59.0 Å². The molecule has 1 rings (SSSR count). The van der Waals surface area contributed by atoms with E-state index in [1.165, 1.54) is 180 Å². The standard InChI is InChI=1S/C50H93NO4/c1-5-9-11-13-15-17-19-21-22-23-24-25-26-28-30-32-34-38-46(44-50(52)53)39-35-36-42-51(7-3)48-41-40-47(45-49(48)54-8-4)55-43-37-33-31-29-27-20-18-16-14-12-10-6-2/h40-41,45-46H,5-39,42-44H2,1-4H3,(H,52,53). The van der Waals surface area contributed by atoms with Gasteiger partial charge in [-0.15, -0.1) is 0 Å². The van der Waals surface area contributed by atoms with E-state index in [0.29, 0.717) is 18.9 Å². The number of ether oxygens (including phenoxy) is 2. The number of anilines is 1. The van der Waals surface area contributed by atoms with E-state index in [2.05, 4.69) is 43.9 Å². The maximum Gasteiger partial charge on any atom is 0.303 e. The Morgan fingerprint density at radius 2 is 0.964 bits per heavy atom. The van der Waals surface area contributed by atoms with Crippen molar-refractivity contribution in [3.8, 4) is 11.5 Å². The average molecular weight is 772 g/mol. The summed E-state index contributed by atoms with van der Waals surface area (Å²) in [5.41, 5.74) is 1.13. The second kappa shape index (κ2) is 38.9. The summed E-state index contributed by atoms with van der Waals surface area (Å²) in [6, 6.07) is 6.34. The maximum absolute atomic E-state index is 11.6. The molecule has 0 saturated heterocycles. The molecule has 0 aliphatic rings. The monoisotopic (exact) mass is 772 g/mol. The van der Waals surface area contributed by atoms with Gasteiger partial charge in [0.05, 0.1) is 18.9 Å². The Kier molecular flexibility index (Phi) is 36.2. The SMILES string of the molecule is CCCCCCCCCCCCCCCCCCCC(CCCCN(CC)c1ccc(OCCCCCCCCCCCCCC)cc1OCC)CC(=O)O. The Hall–Kier alpha value is -1.91. The average Bonchev–Trinajstić information content (AvgIpc) is 3.18. The van der Waals surface area contributed by atoms with E-state index in [-0.39, 0.29) is 0 Å². The molecule has 0 heterocycles. The van der Waals surface area contributed by atoms with E-state index in [1.807, 2.05) is 6.92 Å². The number of benzene rings is 1. The smallest absolute Gasteiger partial charge is 0.303 e. The minimum absolute atomic E-state index is 0.296. The van der Waals surface area contributed by atoms with Gasteiger partial charge in [-0.3, -0.25) is 4.79 Å². The number of hydrogen-bond donors (Lipinski definition) is 1. The molecule has 0 aliphatic heterocycles. The summed E-state index contributed by atoms with van der Waals surface area (Å²) < 4.78 is 12.3. The molecule has 0 fully saturated rings. The van der Waals surface area contributed by atoms with Crippen LogP contribution >= 0.6 is 0 Å². The van der Waals surface area contributed by atoms with Gasteiger partial charge in [-0.2, -0.15) is 0 Å². The number of unbranched alkanes of at least 4 members (excludes halogenated alkanes) is 28. The molecule has 0 radical (unpaired) electrons. The highest BCUT2D eigenvalue weighted by molar-refractivity contribution is 5.67. The van der Waals surface area contributed by atoms with Crippen molar-refractivity contribution in [1.29, 1.82) is 0 Å². The fourth-order valence-corrected chi connectivity index (χ4v) is 8.19. The Labute approximate surface area is 342 Å². The van der Waals surface area contributed by atoms with Gasteiger partial charge in [0.15, 0.2) is 0 Å². The third-order valence-corrected chi connectivity index (χ3v) is 11.7. The van der Waals surface area contributed by atoms with Crippen LogP contribution in [0.25, 0.3) is 0 Å². The van der Waals surface area contributed by atoms with Gasteiger partial charge in [0.25, 0.3) is 0 Å². The lowest BCUT2D eigenvalue weighted by Crippen LogP contribution is -2.24. The molecule has 0 aromatic heterocycles. The Morgan fingerprint density at radius 1 is 0.545 bits per heavy atom. The molecule has 0 aliphatic carbocycles. The molecule has 0 spiro atoms. The maximum atomic E-state index is 11.6. The second-order valence-corrected chi connectivity index (χ2v) is 16.8. The molecule has 1 unspecified atom stereocenters. The highest BCUT2D eigenvalue weighted by atomic mass is 16.5. The van der Waals surface area contributed by atoms with Gasteiger partial charge in [0.2, 0.25) is 0 Å². The first-order valence-corrected chi connectivity index (χ1v) is 24.4. The van der Waals surface area contributed by atoms with Crippen LogP contribution in [-0.4, -0.2) is 37.4 Å². The lowest BCUT2D eigenvalue weighted by Gasteiger charge is -2.26. The van der Waals surface area contributed by atoms with E-state index in [4.69, 9.17) is 9.47 Å². The van der Waals surface area contributed by atoms with Gasteiger partial charge in [0.1, 0.15) is 11.5 Å². The van der Waals surface area contributed by atoms with Gasteiger partial charge in [-0.1, -0.05) is 200 Å². The molecule has 1 aromatic carbocycles. The summed E-state index contributed by atoms with van der Waals surface area (Å²) in [5.74, 6) is 1.45. The van der Waals surface area contributed by atoms with Gasteiger partial charge in [0, 0.05) is 25.6 Å². The Morgan fingerprint density at radius 3 is 1.38 bits per heavy atom. The van der Waals surface area contributed by atoms with Crippen LogP contribution < -0.4 is 14.4 Å². The molecule has 5 nitrogen and oxygen atoms in total. The summed E-state index contributed by atoms with van der Waals surface area (Å²) >= 11 is 0. The lowest BCUT2D eigenvalue weighted by molar-refractivity contribution is -0.138. The summed E-state index contributed by atoms with van der Waals surface area (Å²) in [7, 11) is 0. The summed E-state index contributed by atoms with van der Waals surface area (Å²) in [5, 5.41) is 9.58. The van der Waals surface area contributed by atoms with Gasteiger partial charge in [-0.25, -0.2) is 0 Å². The van der Waals surface area contributed by atoms with Crippen LogP contribution in [0.1, 0.15) is 246 Å². The third-order valence-electron chi connectivity index (χ3n) is 11.7. The molecule has 0 saturated carbocycles. The van der Waals surface area contributed by atoms with Crippen LogP contribution in [0.2, 0.25) is 0 Å². The number of nitrogens with zero attached hydrogens (tertiary/aromatic N) is 1. The minimum atomic E-state index is -0.644. The number of rotatable bonds is 43. The molecule has 5 heteroatoms. The van der Waals surface area contributed by atoms with Crippen LogP contribution in [0.5, 0.6) is 11.5 Å². The number of carboxylic acids is 1. The molecule has 322 valence electrons. The molecule has 1 N–H and O–H groups in total. The van der Waals surface area contributed by atoms with Crippen LogP contribution in [0, 0.1) is 5.92 Å². The molecule has 0 amide bonds. The van der Waals surface area contributed by atoms with Crippen molar-refractivity contribution < 1.29 is 19.4 Å². The Bertz CT molecular complexity index is 967. The number of carbonyl (C=O) groups is 1. The highest BCUT2D eigenvalue weighted by Crippen LogP contribution is 2.33. The van der Waals surface area contributed by atoms with Crippen LogP contribution in [-0.2, 0) is 4.79 Å². The van der Waals surface area contributed by atoms with Crippen molar-refractivity contribution in [3.05, 3.63) is 18.2 Å². The van der Waals surface area contributed by atoms with Crippen LogP contribution in [0.15, 0.2) is 18.2 Å². The molecule has 55 heavy (non-hydrogen) atoms. The van der Waals surface area contributed by atoms with E-state index >= 15 is 0 Å². The quantitative estimate of drug-likeness (QED) is 0.0670. The van der Waals surface area contributed by atoms with Crippen molar-refractivity contribution >= 4 is 11.7 Å². The Balaban J connectivity index is 2.24. The summed E-state index contributed by atoms with van der Waals surface area (Å²) in [6.07, 6.45) is 44.1. The van der Waals surface area contributed by atoms with Gasteiger partial charge >= 0.3 is 5.97 Å². The van der Waals surface area contributed by atoms with Crippen molar-refractivity contribution in [1.82, 2.24) is 0 Å². The first-order valence-electron chi connectivity index (χ1n) is 24.4. The lowest BCUT2D eigenvalue weighted by atomic mass is 9.92. The largest absolute Gasteiger partial charge is 0.493 e. The van der Waals surface area contributed by atoms with E-state index in [9.17, 15) is 9.90 Å². The summed E-state index contributed by atoms with van der Waals surface area (Å²) in [6.45, 7) is 12.1. The molecule has 0 bridgehead atoms. The fourth-order valence-electron chi connectivity index (χ4n) is 8.19.